The Hall–Kier alpha value is -3.54. The van der Waals surface area contributed by atoms with Crippen LogP contribution in [0.15, 0.2) is 73.4 Å². The molecule has 150 valence electrons. The highest BCUT2D eigenvalue weighted by molar-refractivity contribution is 5.96. The van der Waals surface area contributed by atoms with Crippen LogP contribution in [0.2, 0.25) is 0 Å². The Bertz CT molecular complexity index is 1150. The molecule has 0 aliphatic heterocycles. The Morgan fingerprint density at radius 1 is 1.03 bits per heavy atom. The molecule has 1 fully saturated rings. The summed E-state index contributed by atoms with van der Waals surface area (Å²) < 4.78 is 2.12. The summed E-state index contributed by atoms with van der Waals surface area (Å²) in [6, 6.07) is 16.5. The van der Waals surface area contributed by atoms with Gasteiger partial charge in [-0.15, -0.1) is 0 Å². The van der Waals surface area contributed by atoms with Gasteiger partial charge < -0.3 is 9.47 Å². The number of carbonyl (C=O) groups is 1. The Morgan fingerprint density at radius 3 is 2.63 bits per heavy atom. The van der Waals surface area contributed by atoms with Gasteiger partial charge in [-0.3, -0.25) is 9.78 Å². The van der Waals surface area contributed by atoms with Crippen LogP contribution in [0.25, 0.3) is 11.2 Å². The van der Waals surface area contributed by atoms with Gasteiger partial charge in [0.1, 0.15) is 5.52 Å². The number of hydrogen-bond donors (Lipinski definition) is 0. The zero-order valence-electron chi connectivity index (χ0n) is 16.7. The number of imidazole rings is 1. The lowest BCUT2D eigenvalue weighted by atomic mass is 10.1. The fourth-order valence-electron chi connectivity index (χ4n) is 3.71. The van der Waals surface area contributed by atoms with Crippen molar-refractivity contribution >= 4 is 17.1 Å². The van der Waals surface area contributed by atoms with Crippen molar-refractivity contribution in [2.45, 2.75) is 31.8 Å². The van der Waals surface area contributed by atoms with Gasteiger partial charge in [0.15, 0.2) is 5.65 Å². The molecule has 0 radical (unpaired) electrons. The Labute approximate surface area is 175 Å². The summed E-state index contributed by atoms with van der Waals surface area (Å²) in [6.07, 6.45) is 10.2. The van der Waals surface area contributed by atoms with Gasteiger partial charge in [0.05, 0.1) is 11.9 Å². The van der Waals surface area contributed by atoms with E-state index in [-0.39, 0.29) is 5.91 Å². The van der Waals surface area contributed by atoms with E-state index in [1.165, 1.54) is 18.4 Å². The topological polar surface area (TPSA) is 63.9 Å². The van der Waals surface area contributed by atoms with E-state index in [4.69, 9.17) is 0 Å². The van der Waals surface area contributed by atoms with Gasteiger partial charge in [0.2, 0.25) is 0 Å². The third kappa shape index (κ3) is 3.94. The molecule has 0 saturated heterocycles. The number of fused-ring (bicyclic) bond motifs is 1. The first kappa shape index (κ1) is 18.5. The van der Waals surface area contributed by atoms with Crippen molar-refractivity contribution in [3.63, 3.8) is 0 Å². The van der Waals surface area contributed by atoms with E-state index in [2.05, 4.69) is 31.7 Å². The highest BCUT2D eigenvalue weighted by atomic mass is 16.2. The quantitative estimate of drug-likeness (QED) is 0.472. The molecule has 5 rings (SSSR count). The van der Waals surface area contributed by atoms with Crippen LogP contribution < -0.4 is 0 Å². The number of aromatic nitrogens is 4. The Kier molecular flexibility index (Phi) is 4.97. The molecule has 6 heteroatoms. The fourth-order valence-corrected chi connectivity index (χ4v) is 3.71. The van der Waals surface area contributed by atoms with Crippen LogP contribution in [0.5, 0.6) is 0 Å². The van der Waals surface area contributed by atoms with Crippen molar-refractivity contribution in [2.24, 2.45) is 0 Å². The molecule has 4 aromatic rings. The smallest absolute Gasteiger partial charge is 0.255 e. The Morgan fingerprint density at radius 2 is 1.87 bits per heavy atom. The first-order chi connectivity index (χ1) is 14.8. The fraction of sp³-hybridized carbons (Fsp3) is 0.250. The van der Waals surface area contributed by atoms with E-state index in [9.17, 15) is 4.79 Å². The lowest BCUT2D eigenvalue weighted by Crippen LogP contribution is -2.32. The minimum absolute atomic E-state index is 0.0369. The molecule has 1 aliphatic carbocycles. The molecule has 6 nitrogen and oxygen atoms in total. The molecule has 0 N–H and O–H groups in total. The first-order valence-electron chi connectivity index (χ1n) is 10.3. The predicted molar refractivity (Wildman–Crippen MR) is 115 cm³/mol. The van der Waals surface area contributed by atoms with E-state index in [0.29, 0.717) is 24.7 Å². The number of hydrogen-bond acceptors (Lipinski definition) is 4. The third-order valence-electron chi connectivity index (χ3n) is 5.50. The van der Waals surface area contributed by atoms with Crippen LogP contribution in [0.1, 0.15) is 40.4 Å². The zero-order chi connectivity index (χ0) is 20.3. The van der Waals surface area contributed by atoms with Gasteiger partial charge in [-0.05, 0) is 42.5 Å². The van der Waals surface area contributed by atoms with E-state index in [1.54, 1.807) is 12.4 Å². The van der Waals surface area contributed by atoms with Crippen LogP contribution in [-0.4, -0.2) is 36.9 Å². The lowest BCUT2D eigenvalue weighted by Gasteiger charge is -2.23. The zero-order valence-corrected chi connectivity index (χ0v) is 16.7. The monoisotopic (exact) mass is 397 g/mol. The van der Waals surface area contributed by atoms with Crippen molar-refractivity contribution in [3.8, 4) is 0 Å². The standard InChI is InChI=1S/C24H23N5O/c30-24(20-13-22-23(26-15-20)29(17-27-22)21-8-9-21)28(16-19-7-4-11-25-14-19)12-10-18-5-2-1-3-6-18/h1-7,11,13-15,17,21H,8-10,12,16H2. The second-order valence-electron chi connectivity index (χ2n) is 7.77. The van der Waals surface area contributed by atoms with Crippen molar-refractivity contribution in [2.75, 3.05) is 6.54 Å². The number of benzene rings is 1. The normalized spacial score (nSPS) is 13.5. The average Bonchev–Trinajstić information content (AvgIpc) is 3.56. The van der Waals surface area contributed by atoms with Crippen LogP contribution in [0.3, 0.4) is 0 Å². The van der Waals surface area contributed by atoms with Gasteiger partial charge in [0, 0.05) is 37.7 Å². The largest absolute Gasteiger partial charge is 0.334 e. The molecule has 3 aromatic heterocycles. The highest BCUT2D eigenvalue weighted by Gasteiger charge is 2.26. The summed E-state index contributed by atoms with van der Waals surface area (Å²) in [5, 5.41) is 0. The van der Waals surface area contributed by atoms with Gasteiger partial charge in [-0.2, -0.15) is 0 Å². The van der Waals surface area contributed by atoms with Crippen LogP contribution >= 0.6 is 0 Å². The number of nitrogens with zero attached hydrogens (tertiary/aromatic N) is 5. The second-order valence-corrected chi connectivity index (χ2v) is 7.77. The summed E-state index contributed by atoms with van der Waals surface area (Å²) in [6.45, 7) is 1.13. The third-order valence-corrected chi connectivity index (χ3v) is 5.50. The van der Waals surface area contributed by atoms with Gasteiger partial charge in [0.25, 0.3) is 5.91 Å². The molecule has 0 bridgehead atoms. The summed E-state index contributed by atoms with van der Waals surface area (Å²) in [7, 11) is 0. The number of pyridine rings is 2. The number of carbonyl (C=O) groups excluding carboxylic acids is 1. The summed E-state index contributed by atoms with van der Waals surface area (Å²) >= 11 is 0. The van der Waals surface area contributed by atoms with E-state index >= 15 is 0 Å². The van der Waals surface area contributed by atoms with E-state index in [1.807, 2.05) is 53.8 Å². The molecular weight excluding hydrogens is 374 g/mol. The first-order valence-corrected chi connectivity index (χ1v) is 10.3. The molecule has 1 amide bonds. The molecular formula is C24H23N5O. The molecule has 30 heavy (non-hydrogen) atoms. The maximum Gasteiger partial charge on any atom is 0.255 e. The highest BCUT2D eigenvalue weighted by Crippen LogP contribution is 2.36. The van der Waals surface area contributed by atoms with Crippen LogP contribution in [0.4, 0.5) is 0 Å². The molecule has 0 unspecified atom stereocenters. The van der Waals surface area contributed by atoms with Gasteiger partial charge in [-0.1, -0.05) is 36.4 Å². The Balaban J connectivity index is 1.40. The maximum atomic E-state index is 13.4. The van der Waals surface area contributed by atoms with Gasteiger partial charge in [-0.25, -0.2) is 9.97 Å². The second kappa shape index (κ2) is 8.06. The average molecular weight is 397 g/mol. The van der Waals surface area contributed by atoms with Gasteiger partial charge >= 0.3 is 0 Å². The van der Waals surface area contributed by atoms with Crippen LogP contribution in [0, 0.1) is 0 Å². The maximum absolute atomic E-state index is 13.4. The number of amides is 1. The predicted octanol–water partition coefficient (Wildman–Crippen LogP) is 4.05. The molecule has 1 aromatic carbocycles. The van der Waals surface area contributed by atoms with Crippen molar-refractivity contribution < 1.29 is 4.79 Å². The van der Waals surface area contributed by atoms with Crippen LogP contribution in [-0.2, 0) is 13.0 Å². The molecule has 0 spiro atoms. The summed E-state index contributed by atoms with van der Waals surface area (Å²) in [5.41, 5.74) is 4.42. The minimum atomic E-state index is -0.0369. The molecule has 3 heterocycles. The molecule has 1 saturated carbocycles. The van der Waals surface area contributed by atoms with Crippen molar-refractivity contribution in [1.82, 2.24) is 24.4 Å². The summed E-state index contributed by atoms with van der Waals surface area (Å²) in [4.78, 5) is 28.5. The molecule has 1 aliphatic rings. The van der Waals surface area contributed by atoms with E-state index < -0.39 is 0 Å². The summed E-state index contributed by atoms with van der Waals surface area (Å²) in [5.74, 6) is -0.0369. The van der Waals surface area contributed by atoms with Crippen molar-refractivity contribution in [1.29, 1.82) is 0 Å². The minimum Gasteiger partial charge on any atom is -0.334 e. The number of rotatable bonds is 7. The lowest BCUT2D eigenvalue weighted by molar-refractivity contribution is 0.0744. The SMILES string of the molecule is O=C(c1cnc2c(c1)ncn2C1CC1)N(CCc1ccccc1)Cc1cccnc1. The van der Waals surface area contributed by atoms with Crippen molar-refractivity contribution in [3.05, 3.63) is 90.1 Å². The molecule has 0 atom stereocenters. The van der Waals surface area contributed by atoms with E-state index in [0.717, 1.165) is 23.1 Å².